The average Bonchev–Trinajstić information content (AvgIpc) is 2.87. The standard InChI is InChI=1S/C15H24N2O/c1-2-17(9-8-15-7-4-10-18-15)12-13-5-3-6-14(16)11-13/h3,5-6,11,15H,2,4,7-10,12,16H2,1H3. The highest BCUT2D eigenvalue weighted by Gasteiger charge is 2.16. The fourth-order valence-corrected chi connectivity index (χ4v) is 2.50. The van der Waals surface area contributed by atoms with Crippen molar-refractivity contribution in [3.8, 4) is 0 Å². The smallest absolute Gasteiger partial charge is 0.0588 e. The molecule has 0 spiro atoms. The number of ether oxygens (including phenoxy) is 1. The summed E-state index contributed by atoms with van der Waals surface area (Å²) in [5.41, 5.74) is 7.96. The molecule has 0 amide bonds. The van der Waals surface area contributed by atoms with E-state index < -0.39 is 0 Å². The van der Waals surface area contributed by atoms with Crippen LogP contribution in [0.4, 0.5) is 5.69 Å². The minimum absolute atomic E-state index is 0.486. The van der Waals surface area contributed by atoms with E-state index in [1.807, 2.05) is 12.1 Å². The van der Waals surface area contributed by atoms with Crippen LogP contribution < -0.4 is 5.73 Å². The van der Waals surface area contributed by atoms with Crippen LogP contribution in [0.25, 0.3) is 0 Å². The summed E-state index contributed by atoms with van der Waals surface area (Å²) in [6, 6.07) is 8.17. The minimum Gasteiger partial charge on any atom is -0.399 e. The molecular formula is C15H24N2O. The molecule has 0 radical (unpaired) electrons. The number of hydrogen-bond acceptors (Lipinski definition) is 3. The van der Waals surface area contributed by atoms with Crippen molar-refractivity contribution in [3.05, 3.63) is 29.8 Å². The average molecular weight is 248 g/mol. The van der Waals surface area contributed by atoms with Crippen molar-refractivity contribution in [1.82, 2.24) is 4.90 Å². The molecule has 1 aliphatic rings. The van der Waals surface area contributed by atoms with Gasteiger partial charge in [-0.2, -0.15) is 0 Å². The Morgan fingerprint density at radius 1 is 1.44 bits per heavy atom. The monoisotopic (exact) mass is 248 g/mol. The zero-order chi connectivity index (χ0) is 12.8. The van der Waals surface area contributed by atoms with Crippen LogP contribution in [-0.4, -0.2) is 30.7 Å². The lowest BCUT2D eigenvalue weighted by Crippen LogP contribution is -2.26. The van der Waals surface area contributed by atoms with Crippen LogP contribution in [0.5, 0.6) is 0 Å². The van der Waals surface area contributed by atoms with Crippen molar-refractivity contribution in [2.24, 2.45) is 0 Å². The van der Waals surface area contributed by atoms with Gasteiger partial charge in [-0.15, -0.1) is 0 Å². The van der Waals surface area contributed by atoms with Gasteiger partial charge in [-0.25, -0.2) is 0 Å². The summed E-state index contributed by atoms with van der Waals surface area (Å²) in [6.45, 7) is 6.32. The predicted molar refractivity (Wildman–Crippen MR) is 75.4 cm³/mol. The second-order valence-corrected chi connectivity index (χ2v) is 5.04. The van der Waals surface area contributed by atoms with Crippen molar-refractivity contribution in [1.29, 1.82) is 0 Å². The molecule has 1 atom stereocenters. The molecule has 1 aromatic carbocycles. The predicted octanol–water partition coefficient (Wildman–Crippen LogP) is 2.66. The first-order chi connectivity index (χ1) is 8.78. The zero-order valence-electron chi connectivity index (χ0n) is 11.3. The second kappa shape index (κ2) is 6.76. The molecule has 3 heteroatoms. The first-order valence-electron chi connectivity index (χ1n) is 6.96. The third-order valence-electron chi connectivity index (χ3n) is 3.60. The number of rotatable bonds is 6. The Kier molecular flexibility index (Phi) is 5.02. The molecule has 0 aliphatic carbocycles. The molecular weight excluding hydrogens is 224 g/mol. The molecule has 3 nitrogen and oxygen atoms in total. The van der Waals surface area contributed by atoms with E-state index in [1.165, 1.54) is 18.4 Å². The van der Waals surface area contributed by atoms with Crippen molar-refractivity contribution in [3.63, 3.8) is 0 Å². The zero-order valence-corrected chi connectivity index (χ0v) is 11.3. The maximum absolute atomic E-state index is 5.81. The van der Waals surface area contributed by atoms with Gasteiger partial charge in [0, 0.05) is 25.4 Å². The highest BCUT2D eigenvalue weighted by molar-refractivity contribution is 5.40. The molecule has 1 unspecified atom stereocenters. The van der Waals surface area contributed by atoms with E-state index in [-0.39, 0.29) is 0 Å². The van der Waals surface area contributed by atoms with Gasteiger partial charge in [0.2, 0.25) is 0 Å². The lowest BCUT2D eigenvalue weighted by molar-refractivity contribution is 0.0917. The summed E-state index contributed by atoms with van der Waals surface area (Å²) in [5.74, 6) is 0. The maximum Gasteiger partial charge on any atom is 0.0588 e. The van der Waals surface area contributed by atoms with E-state index >= 15 is 0 Å². The van der Waals surface area contributed by atoms with Crippen LogP contribution in [0.15, 0.2) is 24.3 Å². The Morgan fingerprint density at radius 2 is 2.33 bits per heavy atom. The Balaban J connectivity index is 1.81. The summed E-state index contributed by atoms with van der Waals surface area (Å²) in [6.07, 6.45) is 4.10. The van der Waals surface area contributed by atoms with Crippen molar-refractivity contribution in [2.75, 3.05) is 25.4 Å². The highest BCUT2D eigenvalue weighted by Crippen LogP contribution is 2.16. The van der Waals surface area contributed by atoms with Gasteiger partial charge < -0.3 is 10.5 Å². The molecule has 0 saturated carbocycles. The lowest BCUT2D eigenvalue weighted by Gasteiger charge is -2.22. The van der Waals surface area contributed by atoms with Crippen LogP contribution in [0.3, 0.4) is 0 Å². The van der Waals surface area contributed by atoms with Gasteiger partial charge in [0.25, 0.3) is 0 Å². The topological polar surface area (TPSA) is 38.5 Å². The quantitative estimate of drug-likeness (QED) is 0.787. The summed E-state index contributed by atoms with van der Waals surface area (Å²) in [4.78, 5) is 2.45. The summed E-state index contributed by atoms with van der Waals surface area (Å²) < 4.78 is 5.67. The number of nitrogen functional groups attached to an aromatic ring is 1. The Hall–Kier alpha value is -1.06. The number of anilines is 1. The largest absolute Gasteiger partial charge is 0.399 e. The van der Waals surface area contributed by atoms with E-state index in [0.717, 1.165) is 38.3 Å². The Morgan fingerprint density at radius 3 is 3.00 bits per heavy atom. The second-order valence-electron chi connectivity index (χ2n) is 5.04. The maximum atomic E-state index is 5.81. The fraction of sp³-hybridized carbons (Fsp3) is 0.600. The number of nitrogens with two attached hydrogens (primary N) is 1. The van der Waals surface area contributed by atoms with E-state index in [9.17, 15) is 0 Å². The van der Waals surface area contributed by atoms with Gasteiger partial charge in [0.05, 0.1) is 6.10 Å². The van der Waals surface area contributed by atoms with Gasteiger partial charge in [-0.1, -0.05) is 19.1 Å². The molecule has 1 aromatic rings. The van der Waals surface area contributed by atoms with Crippen molar-refractivity contribution < 1.29 is 4.74 Å². The van der Waals surface area contributed by atoms with Gasteiger partial charge in [0.1, 0.15) is 0 Å². The molecule has 100 valence electrons. The normalized spacial score (nSPS) is 19.6. The van der Waals surface area contributed by atoms with Crippen LogP contribution in [0.1, 0.15) is 31.7 Å². The van der Waals surface area contributed by atoms with E-state index in [4.69, 9.17) is 10.5 Å². The Bertz CT molecular complexity index is 361. The molecule has 18 heavy (non-hydrogen) atoms. The van der Waals surface area contributed by atoms with Crippen LogP contribution in [-0.2, 0) is 11.3 Å². The number of nitrogens with zero attached hydrogens (tertiary/aromatic N) is 1. The lowest BCUT2D eigenvalue weighted by atomic mass is 10.1. The number of benzene rings is 1. The van der Waals surface area contributed by atoms with Gasteiger partial charge in [0.15, 0.2) is 0 Å². The first-order valence-corrected chi connectivity index (χ1v) is 6.96. The Labute approximate surface area is 110 Å². The molecule has 1 heterocycles. The van der Waals surface area contributed by atoms with Crippen LogP contribution in [0, 0.1) is 0 Å². The minimum atomic E-state index is 0.486. The highest BCUT2D eigenvalue weighted by atomic mass is 16.5. The molecule has 1 fully saturated rings. The SMILES string of the molecule is CCN(CCC1CCCO1)Cc1cccc(N)c1. The van der Waals surface area contributed by atoms with Gasteiger partial charge in [-0.3, -0.25) is 4.90 Å². The molecule has 0 aromatic heterocycles. The third-order valence-corrected chi connectivity index (χ3v) is 3.60. The van der Waals surface area contributed by atoms with E-state index in [0.29, 0.717) is 6.10 Å². The van der Waals surface area contributed by atoms with Gasteiger partial charge >= 0.3 is 0 Å². The van der Waals surface area contributed by atoms with Crippen LogP contribution >= 0.6 is 0 Å². The molecule has 0 bridgehead atoms. The number of hydrogen-bond donors (Lipinski definition) is 1. The van der Waals surface area contributed by atoms with Crippen molar-refractivity contribution in [2.45, 2.75) is 38.8 Å². The van der Waals surface area contributed by atoms with Crippen LogP contribution in [0.2, 0.25) is 0 Å². The molecule has 2 N–H and O–H groups in total. The summed E-state index contributed by atoms with van der Waals surface area (Å²) in [7, 11) is 0. The third kappa shape index (κ3) is 4.00. The first kappa shape index (κ1) is 13.4. The van der Waals surface area contributed by atoms with Gasteiger partial charge in [-0.05, 0) is 43.5 Å². The molecule has 1 aliphatic heterocycles. The summed E-state index contributed by atoms with van der Waals surface area (Å²) in [5, 5.41) is 0. The van der Waals surface area contributed by atoms with E-state index in [2.05, 4.69) is 24.0 Å². The molecule has 2 rings (SSSR count). The fourth-order valence-electron chi connectivity index (χ4n) is 2.50. The van der Waals surface area contributed by atoms with Crippen molar-refractivity contribution >= 4 is 5.69 Å². The summed E-state index contributed by atoms with van der Waals surface area (Å²) >= 11 is 0. The van der Waals surface area contributed by atoms with E-state index in [1.54, 1.807) is 0 Å². The molecule has 1 saturated heterocycles.